The van der Waals surface area contributed by atoms with Gasteiger partial charge < -0.3 is 9.88 Å². The zero-order valence-electron chi connectivity index (χ0n) is 12.4. The monoisotopic (exact) mass is 318 g/mol. The van der Waals surface area contributed by atoms with Gasteiger partial charge in [0, 0.05) is 26.0 Å². The van der Waals surface area contributed by atoms with Gasteiger partial charge in [-0.2, -0.15) is 0 Å². The molecule has 0 saturated carbocycles. The summed E-state index contributed by atoms with van der Waals surface area (Å²) in [6.07, 6.45) is 3.48. The molecular formula is C15H18N4O2S. The van der Waals surface area contributed by atoms with Gasteiger partial charge >= 0.3 is 6.03 Å². The van der Waals surface area contributed by atoms with Crippen molar-refractivity contribution in [1.82, 2.24) is 20.2 Å². The summed E-state index contributed by atoms with van der Waals surface area (Å²) in [5, 5.41) is 5.07. The van der Waals surface area contributed by atoms with Crippen LogP contribution in [-0.4, -0.2) is 28.0 Å². The van der Waals surface area contributed by atoms with E-state index in [-0.39, 0.29) is 5.91 Å². The Bertz CT molecular complexity index is 642. The Hall–Kier alpha value is -2.28. The Morgan fingerprint density at radius 3 is 2.64 bits per heavy atom. The molecule has 22 heavy (non-hydrogen) atoms. The number of nitrogens with one attached hydrogen (secondary N) is 2. The van der Waals surface area contributed by atoms with Gasteiger partial charge in [0.25, 0.3) is 0 Å². The van der Waals surface area contributed by atoms with Crippen molar-refractivity contribution in [2.24, 2.45) is 7.05 Å². The van der Waals surface area contributed by atoms with E-state index in [1.54, 1.807) is 13.1 Å². The summed E-state index contributed by atoms with van der Waals surface area (Å²) in [5.41, 5.74) is 0.817. The summed E-state index contributed by atoms with van der Waals surface area (Å²) >= 11 is 1.30. The van der Waals surface area contributed by atoms with Gasteiger partial charge in [0.15, 0.2) is 5.16 Å². The standard InChI is InChI=1S/C15H18N4O2S/c1-3-16-14(21)18-13(20)12(11-7-5-4-6-8-11)22-15-17-9-10-19(15)2/h4-10,12H,3H2,1-2H3,(H2,16,18,20,21). The third kappa shape index (κ3) is 4.11. The van der Waals surface area contributed by atoms with Gasteiger partial charge in [-0.3, -0.25) is 10.1 Å². The van der Waals surface area contributed by atoms with Crippen LogP contribution >= 0.6 is 11.8 Å². The highest BCUT2D eigenvalue weighted by Gasteiger charge is 2.25. The molecule has 0 aliphatic carbocycles. The van der Waals surface area contributed by atoms with Crippen LogP contribution in [0.5, 0.6) is 0 Å². The van der Waals surface area contributed by atoms with E-state index in [2.05, 4.69) is 15.6 Å². The topological polar surface area (TPSA) is 76.0 Å². The van der Waals surface area contributed by atoms with Crippen molar-refractivity contribution >= 4 is 23.7 Å². The van der Waals surface area contributed by atoms with Crippen molar-refractivity contribution in [3.8, 4) is 0 Å². The minimum absolute atomic E-state index is 0.370. The maximum atomic E-state index is 12.4. The Morgan fingerprint density at radius 2 is 2.05 bits per heavy atom. The first-order valence-corrected chi connectivity index (χ1v) is 7.77. The van der Waals surface area contributed by atoms with E-state index < -0.39 is 11.3 Å². The highest BCUT2D eigenvalue weighted by molar-refractivity contribution is 8.00. The number of carbonyl (C=O) groups excluding carboxylic acids is 2. The van der Waals surface area contributed by atoms with Gasteiger partial charge in [0.1, 0.15) is 5.25 Å². The van der Waals surface area contributed by atoms with E-state index in [0.717, 1.165) is 5.56 Å². The number of benzene rings is 1. The molecule has 3 amide bonds. The molecule has 1 aromatic heterocycles. The smallest absolute Gasteiger partial charge is 0.321 e. The fraction of sp³-hybridized carbons (Fsp3) is 0.267. The zero-order valence-corrected chi connectivity index (χ0v) is 13.3. The second kappa shape index (κ2) is 7.65. The lowest BCUT2D eigenvalue weighted by Crippen LogP contribution is -2.41. The summed E-state index contributed by atoms with van der Waals surface area (Å²) in [5.74, 6) is -0.370. The highest BCUT2D eigenvalue weighted by Crippen LogP contribution is 2.34. The predicted octanol–water partition coefficient (Wildman–Crippen LogP) is 2.10. The molecule has 1 unspecified atom stereocenters. The van der Waals surface area contributed by atoms with Crippen LogP contribution in [0.25, 0.3) is 0 Å². The van der Waals surface area contributed by atoms with Crippen molar-refractivity contribution in [2.75, 3.05) is 6.54 Å². The minimum Gasteiger partial charge on any atom is -0.338 e. The van der Waals surface area contributed by atoms with Crippen LogP contribution in [0.15, 0.2) is 47.9 Å². The molecule has 0 radical (unpaired) electrons. The average molecular weight is 318 g/mol. The summed E-state index contributed by atoms with van der Waals surface area (Å²) in [6, 6.07) is 8.83. The number of imidazole rings is 1. The molecule has 0 aliphatic rings. The Labute approximate surface area is 133 Å². The fourth-order valence-electron chi connectivity index (χ4n) is 1.85. The number of hydrogen-bond acceptors (Lipinski definition) is 4. The van der Waals surface area contributed by atoms with Gasteiger partial charge in [-0.1, -0.05) is 42.1 Å². The van der Waals surface area contributed by atoms with Crippen LogP contribution in [0.2, 0.25) is 0 Å². The van der Waals surface area contributed by atoms with Crippen LogP contribution in [-0.2, 0) is 11.8 Å². The average Bonchev–Trinajstić information content (AvgIpc) is 2.91. The van der Waals surface area contributed by atoms with Gasteiger partial charge in [0.05, 0.1) is 0 Å². The molecule has 2 rings (SSSR count). The number of carbonyl (C=O) groups is 2. The summed E-state index contributed by atoms with van der Waals surface area (Å²) < 4.78 is 1.83. The normalized spacial score (nSPS) is 11.7. The van der Waals surface area contributed by atoms with Gasteiger partial charge in [-0.05, 0) is 12.5 Å². The van der Waals surface area contributed by atoms with Crippen LogP contribution in [0.3, 0.4) is 0 Å². The van der Waals surface area contributed by atoms with E-state index in [4.69, 9.17) is 0 Å². The Kier molecular flexibility index (Phi) is 5.60. The first-order valence-electron chi connectivity index (χ1n) is 6.89. The molecule has 1 aromatic carbocycles. The van der Waals surface area contributed by atoms with E-state index in [9.17, 15) is 9.59 Å². The Morgan fingerprint density at radius 1 is 1.32 bits per heavy atom. The molecule has 0 bridgehead atoms. The predicted molar refractivity (Wildman–Crippen MR) is 85.5 cm³/mol. The summed E-state index contributed by atoms with van der Waals surface area (Å²) in [7, 11) is 1.86. The molecule has 1 atom stereocenters. The number of urea groups is 1. The zero-order chi connectivity index (χ0) is 15.9. The summed E-state index contributed by atoms with van der Waals surface area (Å²) in [6.45, 7) is 2.25. The number of imide groups is 1. The third-order valence-corrected chi connectivity index (χ3v) is 4.24. The number of thioether (sulfide) groups is 1. The number of rotatable bonds is 5. The second-order valence-electron chi connectivity index (χ2n) is 4.58. The largest absolute Gasteiger partial charge is 0.338 e. The molecule has 7 heteroatoms. The van der Waals surface area contributed by atoms with Crippen molar-refractivity contribution in [1.29, 1.82) is 0 Å². The third-order valence-electron chi connectivity index (χ3n) is 2.91. The van der Waals surface area contributed by atoms with Crippen molar-refractivity contribution in [2.45, 2.75) is 17.3 Å². The first-order chi connectivity index (χ1) is 10.6. The Balaban J connectivity index is 2.20. The van der Waals surface area contributed by atoms with Crippen LogP contribution in [0, 0.1) is 0 Å². The molecule has 2 aromatic rings. The second-order valence-corrected chi connectivity index (χ2v) is 5.65. The number of aromatic nitrogens is 2. The molecule has 2 N–H and O–H groups in total. The fourth-order valence-corrected chi connectivity index (χ4v) is 2.87. The van der Waals surface area contributed by atoms with Crippen molar-refractivity contribution in [3.63, 3.8) is 0 Å². The number of nitrogens with zero attached hydrogens (tertiary/aromatic N) is 2. The summed E-state index contributed by atoms with van der Waals surface area (Å²) in [4.78, 5) is 28.2. The van der Waals surface area contributed by atoms with Gasteiger partial charge in [-0.15, -0.1) is 0 Å². The maximum absolute atomic E-state index is 12.4. The lowest BCUT2D eigenvalue weighted by molar-refractivity contribution is -0.119. The van der Waals surface area contributed by atoms with Crippen LogP contribution in [0.4, 0.5) is 4.79 Å². The van der Waals surface area contributed by atoms with Crippen molar-refractivity contribution < 1.29 is 9.59 Å². The van der Waals surface area contributed by atoms with E-state index >= 15 is 0 Å². The van der Waals surface area contributed by atoms with Crippen LogP contribution in [0.1, 0.15) is 17.7 Å². The molecule has 1 heterocycles. The molecule has 116 valence electrons. The van der Waals surface area contributed by atoms with E-state index in [1.807, 2.05) is 48.1 Å². The molecule has 6 nitrogen and oxygen atoms in total. The maximum Gasteiger partial charge on any atom is 0.321 e. The molecular weight excluding hydrogens is 300 g/mol. The van der Waals surface area contributed by atoms with E-state index in [1.165, 1.54) is 11.8 Å². The molecule has 0 fully saturated rings. The quantitative estimate of drug-likeness (QED) is 0.828. The SMILES string of the molecule is CCNC(=O)NC(=O)C(Sc1nccn1C)c1ccccc1. The van der Waals surface area contributed by atoms with E-state index in [0.29, 0.717) is 11.7 Å². The van der Waals surface area contributed by atoms with Crippen molar-refractivity contribution in [3.05, 3.63) is 48.3 Å². The highest BCUT2D eigenvalue weighted by atomic mass is 32.2. The number of amides is 3. The first kappa shape index (κ1) is 16.1. The molecule has 0 saturated heterocycles. The van der Waals surface area contributed by atoms with Gasteiger partial charge in [0.2, 0.25) is 5.91 Å². The number of aryl methyl sites for hydroxylation is 1. The molecule has 0 aliphatic heterocycles. The number of hydrogen-bond donors (Lipinski definition) is 2. The minimum atomic E-state index is -0.551. The lowest BCUT2D eigenvalue weighted by Gasteiger charge is -2.16. The van der Waals surface area contributed by atoms with Gasteiger partial charge in [-0.25, -0.2) is 9.78 Å². The lowest BCUT2D eigenvalue weighted by atomic mass is 10.1. The van der Waals surface area contributed by atoms with Crippen LogP contribution < -0.4 is 10.6 Å². The molecule has 0 spiro atoms.